The zero-order chi connectivity index (χ0) is 26.2. The molecule has 1 amide bonds. The molecule has 3 N–H and O–H groups in total. The molecule has 6 rings (SSSR count). The molecule has 4 heterocycles. The first-order valence-corrected chi connectivity index (χ1v) is 12.2. The van der Waals surface area contributed by atoms with Crippen LogP contribution >= 0.6 is 0 Å². The maximum Gasteiger partial charge on any atom is 0.259 e. The van der Waals surface area contributed by atoms with Gasteiger partial charge in [0.1, 0.15) is 11.6 Å². The number of carbonyl (C=O) groups is 1. The van der Waals surface area contributed by atoms with E-state index in [0.717, 1.165) is 33.8 Å². The smallest absolute Gasteiger partial charge is 0.259 e. The van der Waals surface area contributed by atoms with Crippen molar-refractivity contribution < 1.29 is 4.79 Å². The van der Waals surface area contributed by atoms with Gasteiger partial charge in [-0.25, -0.2) is 9.50 Å². The van der Waals surface area contributed by atoms with Crippen LogP contribution in [0.25, 0.3) is 5.65 Å². The fraction of sp³-hybridized carbons (Fsp3) is 0.138. The standard InChI is InChI=1S/C29H24N8O/c1-19(33-29(38)25-27(30)34-36-15-7-14-31-28(25)36)24-16-22-9-6-8-21(13-12-20-17-32-35(2)18-20)26(22)37(24)23-10-4-3-5-11-23/h3-11,14-15,17-19H,16H2,1-2H3,(H2-,30,33,34,38)/p+1/t19-/m1/s1. The van der Waals surface area contributed by atoms with E-state index in [1.807, 2.05) is 50.5 Å². The van der Waals surface area contributed by atoms with Gasteiger partial charge >= 0.3 is 0 Å². The van der Waals surface area contributed by atoms with Gasteiger partial charge in [-0.05, 0) is 19.1 Å². The van der Waals surface area contributed by atoms with Crippen LogP contribution in [0.1, 0.15) is 34.0 Å². The van der Waals surface area contributed by atoms with Gasteiger partial charge in [-0.15, -0.1) is 5.10 Å². The number of carbonyl (C=O) groups excluding carboxylic acids is 1. The molecule has 0 aliphatic carbocycles. The summed E-state index contributed by atoms with van der Waals surface area (Å²) < 4.78 is 5.44. The van der Waals surface area contributed by atoms with Crippen LogP contribution in [0.2, 0.25) is 0 Å². The molecule has 38 heavy (non-hydrogen) atoms. The summed E-state index contributed by atoms with van der Waals surface area (Å²) in [6.07, 6.45) is 7.63. The lowest BCUT2D eigenvalue weighted by molar-refractivity contribution is 0.0951. The SMILES string of the molecule is C[C@@H](NC(=O)c1c(N)nn2cccnc12)C1=[N+](c2ccccc2)c2c(C#Cc3cnn(C)c3)cccc2C1. The van der Waals surface area contributed by atoms with Crippen LogP contribution in [0, 0.1) is 11.8 Å². The number of aryl methyl sites for hydroxylation is 1. The zero-order valence-corrected chi connectivity index (χ0v) is 21.0. The van der Waals surface area contributed by atoms with E-state index in [1.54, 1.807) is 29.3 Å². The molecule has 5 aromatic rings. The molecule has 0 spiro atoms. The fourth-order valence-electron chi connectivity index (χ4n) is 4.83. The zero-order valence-electron chi connectivity index (χ0n) is 21.0. The number of hydrogen-bond donors (Lipinski definition) is 2. The second kappa shape index (κ2) is 9.33. The summed E-state index contributed by atoms with van der Waals surface area (Å²) in [5.74, 6) is 6.39. The van der Waals surface area contributed by atoms with Gasteiger partial charge in [0.25, 0.3) is 5.91 Å². The summed E-state index contributed by atoms with van der Waals surface area (Å²) in [7, 11) is 1.87. The van der Waals surface area contributed by atoms with Crippen molar-refractivity contribution in [1.82, 2.24) is 34.3 Å². The monoisotopic (exact) mass is 501 g/mol. The van der Waals surface area contributed by atoms with Crippen molar-refractivity contribution in [3.05, 3.63) is 102 Å². The van der Waals surface area contributed by atoms with Gasteiger partial charge in [0, 0.05) is 43.3 Å². The van der Waals surface area contributed by atoms with Crippen LogP contribution in [-0.4, -0.2) is 42.0 Å². The largest absolute Gasteiger partial charge is 0.381 e. The van der Waals surface area contributed by atoms with Gasteiger partial charge in [-0.2, -0.15) is 9.67 Å². The Balaban J connectivity index is 1.41. The highest BCUT2D eigenvalue weighted by Gasteiger charge is 2.37. The van der Waals surface area contributed by atoms with E-state index in [2.05, 4.69) is 55.1 Å². The van der Waals surface area contributed by atoms with E-state index in [0.29, 0.717) is 12.1 Å². The second-order valence-corrected chi connectivity index (χ2v) is 9.15. The Morgan fingerprint density at radius 1 is 1.13 bits per heavy atom. The number of nitrogen functional groups attached to an aromatic ring is 1. The molecule has 0 saturated carbocycles. The van der Waals surface area contributed by atoms with Crippen LogP contribution in [0.3, 0.4) is 0 Å². The number of amides is 1. The predicted octanol–water partition coefficient (Wildman–Crippen LogP) is 3.10. The predicted molar refractivity (Wildman–Crippen MR) is 147 cm³/mol. The Morgan fingerprint density at radius 2 is 1.97 bits per heavy atom. The van der Waals surface area contributed by atoms with Gasteiger partial charge in [-0.3, -0.25) is 9.48 Å². The van der Waals surface area contributed by atoms with Crippen molar-refractivity contribution in [3.8, 4) is 11.8 Å². The van der Waals surface area contributed by atoms with E-state index in [1.165, 1.54) is 4.52 Å². The summed E-state index contributed by atoms with van der Waals surface area (Å²) in [5.41, 5.74) is 12.7. The number of anilines is 1. The quantitative estimate of drug-likeness (QED) is 0.291. The molecule has 0 unspecified atom stereocenters. The molecule has 1 atom stereocenters. The summed E-state index contributed by atoms with van der Waals surface area (Å²) in [6, 6.07) is 17.7. The number of nitrogens with two attached hydrogens (primary N) is 1. The lowest BCUT2D eigenvalue weighted by Crippen LogP contribution is -2.41. The van der Waals surface area contributed by atoms with Crippen molar-refractivity contribution in [3.63, 3.8) is 0 Å². The molecular weight excluding hydrogens is 476 g/mol. The van der Waals surface area contributed by atoms with E-state index >= 15 is 0 Å². The number of rotatable bonds is 4. The number of para-hydroxylation sites is 2. The molecule has 3 aromatic heterocycles. The minimum atomic E-state index is -0.322. The third kappa shape index (κ3) is 4.08. The van der Waals surface area contributed by atoms with E-state index < -0.39 is 0 Å². The minimum Gasteiger partial charge on any atom is -0.381 e. The maximum absolute atomic E-state index is 13.4. The Hall–Kier alpha value is -5.23. The number of aromatic nitrogens is 5. The Labute approximate surface area is 219 Å². The molecule has 0 bridgehead atoms. The van der Waals surface area contributed by atoms with Crippen LogP contribution in [-0.2, 0) is 13.5 Å². The third-order valence-corrected chi connectivity index (χ3v) is 6.56. The number of nitrogens with one attached hydrogen (secondary N) is 1. The maximum atomic E-state index is 13.4. The average Bonchev–Trinajstić information content (AvgIpc) is 3.62. The first kappa shape index (κ1) is 23.2. The van der Waals surface area contributed by atoms with Crippen molar-refractivity contribution in [2.75, 3.05) is 5.73 Å². The second-order valence-electron chi connectivity index (χ2n) is 9.15. The fourth-order valence-corrected chi connectivity index (χ4v) is 4.83. The van der Waals surface area contributed by atoms with Gasteiger partial charge in [-0.1, -0.05) is 42.2 Å². The van der Waals surface area contributed by atoms with Crippen molar-refractivity contribution in [1.29, 1.82) is 0 Å². The summed E-state index contributed by atoms with van der Waals surface area (Å²) in [4.78, 5) is 17.7. The van der Waals surface area contributed by atoms with Crippen LogP contribution in [0.15, 0.2) is 79.4 Å². The average molecular weight is 502 g/mol. The summed E-state index contributed by atoms with van der Waals surface area (Å²) >= 11 is 0. The molecular formula is C29H25N8O+. The Morgan fingerprint density at radius 3 is 2.76 bits per heavy atom. The van der Waals surface area contributed by atoms with Crippen molar-refractivity contribution >= 4 is 34.5 Å². The van der Waals surface area contributed by atoms with E-state index in [4.69, 9.17) is 5.73 Å². The lowest BCUT2D eigenvalue weighted by atomic mass is 10.0. The number of fused-ring (bicyclic) bond motifs is 2. The minimum absolute atomic E-state index is 0.140. The van der Waals surface area contributed by atoms with Crippen molar-refractivity contribution in [2.45, 2.75) is 19.4 Å². The van der Waals surface area contributed by atoms with Crippen molar-refractivity contribution in [2.24, 2.45) is 7.05 Å². The highest BCUT2D eigenvalue weighted by molar-refractivity contribution is 6.08. The van der Waals surface area contributed by atoms with E-state index in [9.17, 15) is 4.79 Å². The molecule has 186 valence electrons. The summed E-state index contributed by atoms with van der Waals surface area (Å²) in [5, 5.41) is 11.6. The van der Waals surface area contributed by atoms with E-state index in [-0.39, 0.29) is 23.3 Å². The van der Waals surface area contributed by atoms with Gasteiger partial charge < -0.3 is 11.1 Å². The Kier molecular flexibility index (Phi) is 5.69. The molecule has 0 fully saturated rings. The highest BCUT2D eigenvalue weighted by Crippen LogP contribution is 2.34. The first-order valence-electron chi connectivity index (χ1n) is 12.2. The molecule has 0 radical (unpaired) electrons. The van der Waals surface area contributed by atoms with Crippen LogP contribution in [0.5, 0.6) is 0 Å². The first-order chi connectivity index (χ1) is 18.5. The molecule has 2 aromatic carbocycles. The number of nitrogens with zero attached hydrogens (tertiary/aromatic N) is 6. The molecule has 0 saturated heterocycles. The normalized spacial score (nSPS) is 13.2. The number of benzene rings is 2. The molecule has 1 aliphatic rings. The summed E-state index contributed by atoms with van der Waals surface area (Å²) in [6.45, 7) is 1.98. The lowest BCUT2D eigenvalue weighted by Gasteiger charge is -2.13. The van der Waals surface area contributed by atoms with Crippen LogP contribution in [0.4, 0.5) is 17.2 Å². The van der Waals surface area contributed by atoms with Gasteiger partial charge in [0.05, 0.1) is 23.7 Å². The van der Waals surface area contributed by atoms with Crippen LogP contribution < -0.4 is 15.6 Å². The molecule has 9 heteroatoms. The third-order valence-electron chi connectivity index (χ3n) is 6.56. The number of hydrogen-bond acceptors (Lipinski definition) is 5. The molecule has 9 nitrogen and oxygen atoms in total. The Bertz CT molecular complexity index is 1790. The van der Waals surface area contributed by atoms with Gasteiger partial charge in [0.2, 0.25) is 11.4 Å². The van der Waals surface area contributed by atoms with Gasteiger partial charge in [0.15, 0.2) is 17.2 Å². The molecule has 1 aliphatic heterocycles. The highest BCUT2D eigenvalue weighted by atomic mass is 16.1. The topological polar surface area (TPSA) is 106 Å².